The maximum absolute atomic E-state index is 5.53. The highest BCUT2D eigenvalue weighted by molar-refractivity contribution is 4.79. The third kappa shape index (κ3) is 8.14. The van der Waals surface area contributed by atoms with Gasteiger partial charge >= 0.3 is 0 Å². The van der Waals surface area contributed by atoms with E-state index in [0.717, 1.165) is 78.3 Å². The van der Waals surface area contributed by atoms with Crippen molar-refractivity contribution in [2.24, 2.45) is 11.5 Å². The van der Waals surface area contributed by atoms with Gasteiger partial charge in [-0.15, -0.1) is 0 Å². The van der Waals surface area contributed by atoms with Gasteiger partial charge in [0.1, 0.15) is 0 Å². The van der Waals surface area contributed by atoms with Gasteiger partial charge in [-0.3, -0.25) is 4.90 Å². The third-order valence-electron chi connectivity index (χ3n) is 3.82. The highest BCUT2D eigenvalue weighted by Crippen LogP contribution is 2.09. The summed E-state index contributed by atoms with van der Waals surface area (Å²) in [5.41, 5.74) is 11.1. The summed E-state index contributed by atoms with van der Waals surface area (Å²) in [6.07, 6.45) is 3.46. The van der Waals surface area contributed by atoms with E-state index in [1.54, 1.807) is 0 Å². The quantitative estimate of drug-likeness (QED) is 0.409. The molecule has 0 aromatic carbocycles. The lowest BCUT2D eigenvalue weighted by Gasteiger charge is -2.36. The van der Waals surface area contributed by atoms with Crippen molar-refractivity contribution in [3.05, 3.63) is 0 Å². The minimum Gasteiger partial charge on any atom is -0.330 e. The van der Waals surface area contributed by atoms with Crippen LogP contribution in [0.1, 0.15) is 19.3 Å². The monoisotopic (exact) mass is 286 g/mol. The molecule has 2 heterocycles. The summed E-state index contributed by atoms with van der Waals surface area (Å²) in [6, 6.07) is 0.679. The van der Waals surface area contributed by atoms with Gasteiger partial charge in [-0.05, 0) is 38.9 Å². The van der Waals surface area contributed by atoms with Crippen LogP contribution in [0, 0.1) is 0 Å². The van der Waals surface area contributed by atoms with Crippen LogP contribution in [0.15, 0.2) is 0 Å². The molecule has 0 aromatic heterocycles. The van der Waals surface area contributed by atoms with E-state index in [1.807, 2.05) is 0 Å². The molecule has 0 saturated carbocycles. The topological polar surface area (TPSA) is 91.4 Å². The van der Waals surface area contributed by atoms with Crippen molar-refractivity contribution in [3.8, 4) is 0 Å². The molecular weight excluding hydrogens is 252 g/mol. The molecule has 2 saturated heterocycles. The summed E-state index contributed by atoms with van der Waals surface area (Å²) in [6.45, 7) is 10.7. The average Bonchev–Trinajstić information content (AvgIpc) is 2.54. The first kappa shape index (κ1) is 17.8. The summed E-state index contributed by atoms with van der Waals surface area (Å²) in [4.78, 5) is 2.55. The van der Waals surface area contributed by atoms with Crippen LogP contribution in [-0.4, -0.2) is 76.4 Å². The fraction of sp³-hybridized carbons (Fsp3) is 1.00. The van der Waals surface area contributed by atoms with E-state index < -0.39 is 0 Å². The molecule has 7 N–H and O–H groups in total. The maximum Gasteiger partial charge on any atom is 0.0221 e. The fourth-order valence-electron chi connectivity index (χ4n) is 2.63. The number of nitrogens with two attached hydrogens (primary N) is 2. The average molecular weight is 286 g/mol. The first-order valence-electron chi connectivity index (χ1n) is 8.14. The zero-order valence-electron chi connectivity index (χ0n) is 12.9. The second kappa shape index (κ2) is 12.5. The Labute approximate surface area is 124 Å². The van der Waals surface area contributed by atoms with Crippen LogP contribution < -0.4 is 27.4 Å². The van der Waals surface area contributed by atoms with Gasteiger partial charge in [0.2, 0.25) is 0 Å². The summed E-state index contributed by atoms with van der Waals surface area (Å²) in [5.74, 6) is 0. The van der Waals surface area contributed by atoms with E-state index in [4.69, 9.17) is 11.5 Å². The van der Waals surface area contributed by atoms with Gasteiger partial charge in [0.15, 0.2) is 0 Å². The Balaban J connectivity index is 0.000000276. The van der Waals surface area contributed by atoms with E-state index in [0.29, 0.717) is 6.04 Å². The molecule has 120 valence electrons. The molecular formula is C14H34N6. The van der Waals surface area contributed by atoms with Crippen molar-refractivity contribution < 1.29 is 0 Å². The molecule has 0 aliphatic carbocycles. The first-order valence-corrected chi connectivity index (χ1v) is 8.14. The summed E-state index contributed by atoms with van der Waals surface area (Å²) in [7, 11) is 0. The fourth-order valence-corrected chi connectivity index (χ4v) is 2.63. The van der Waals surface area contributed by atoms with Gasteiger partial charge in [-0.1, -0.05) is 0 Å². The molecule has 0 spiro atoms. The molecule has 2 aliphatic rings. The molecule has 0 bridgehead atoms. The molecule has 1 unspecified atom stereocenters. The van der Waals surface area contributed by atoms with Crippen LogP contribution >= 0.6 is 0 Å². The van der Waals surface area contributed by atoms with Crippen molar-refractivity contribution in [2.45, 2.75) is 25.3 Å². The molecule has 2 rings (SSSR count). The van der Waals surface area contributed by atoms with Crippen molar-refractivity contribution in [1.82, 2.24) is 20.9 Å². The van der Waals surface area contributed by atoms with E-state index >= 15 is 0 Å². The second-order valence-corrected chi connectivity index (χ2v) is 5.47. The van der Waals surface area contributed by atoms with Crippen LogP contribution in [0.3, 0.4) is 0 Å². The lowest BCUT2D eigenvalue weighted by Crippen LogP contribution is -2.51. The smallest absolute Gasteiger partial charge is 0.0221 e. The van der Waals surface area contributed by atoms with E-state index in [2.05, 4.69) is 20.9 Å². The standard InChI is InChI=1S/C10H24N4.C4H10N2/c11-4-1-3-10-9-13-6-8-14(10)7-2-5-12;1-2-6-4-3-5-1/h10,13H,1-9,11-12H2;5-6H,1-4H2. The molecule has 0 amide bonds. The van der Waals surface area contributed by atoms with Crippen LogP contribution in [0.2, 0.25) is 0 Å². The predicted octanol–water partition coefficient (Wildman–Crippen LogP) is -1.47. The zero-order valence-corrected chi connectivity index (χ0v) is 12.9. The van der Waals surface area contributed by atoms with Gasteiger partial charge in [-0.25, -0.2) is 0 Å². The second-order valence-electron chi connectivity index (χ2n) is 5.47. The van der Waals surface area contributed by atoms with Crippen molar-refractivity contribution in [3.63, 3.8) is 0 Å². The summed E-state index contributed by atoms with van der Waals surface area (Å²) < 4.78 is 0. The minimum atomic E-state index is 0.679. The van der Waals surface area contributed by atoms with Gasteiger partial charge in [-0.2, -0.15) is 0 Å². The Morgan fingerprint density at radius 1 is 0.850 bits per heavy atom. The molecule has 0 aromatic rings. The Morgan fingerprint density at radius 2 is 1.50 bits per heavy atom. The number of hydrogen-bond acceptors (Lipinski definition) is 6. The van der Waals surface area contributed by atoms with E-state index in [-0.39, 0.29) is 0 Å². The van der Waals surface area contributed by atoms with E-state index in [9.17, 15) is 0 Å². The zero-order chi connectivity index (χ0) is 14.5. The number of piperazine rings is 2. The summed E-state index contributed by atoms with van der Waals surface area (Å²) >= 11 is 0. The molecule has 6 heteroatoms. The van der Waals surface area contributed by atoms with E-state index in [1.165, 1.54) is 6.42 Å². The van der Waals surface area contributed by atoms with Gasteiger partial charge in [0.25, 0.3) is 0 Å². The SMILES string of the molecule is C1CNCCN1.NCCCC1CNCCN1CCCN. The lowest BCUT2D eigenvalue weighted by molar-refractivity contribution is 0.151. The number of hydrogen-bond donors (Lipinski definition) is 5. The molecule has 20 heavy (non-hydrogen) atoms. The highest BCUT2D eigenvalue weighted by Gasteiger charge is 2.20. The van der Waals surface area contributed by atoms with Gasteiger partial charge < -0.3 is 27.4 Å². The number of nitrogens with zero attached hydrogens (tertiary/aromatic N) is 1. The Bertz CT molecular complexity index is 182. The normalized spacial score (nSPS) is 24.0. The Kier molecular flexibility index (Phi) is 11.1. The molecule has 2 aliphatic heterocycles. The van der Waals surface area contributed by atoms with Crippen LogP contribution in [0.25, 0.3) is 0 Å². The number of rotatable bonds is 6. The highest BCUT2D eigenvalue weighted by atomic mass is 15.2. The van der Waals surface area contributed by atoms with Crippen LogP contribution in [0.5, 0.6) is 0 Å². The van der Waals surface area contributed by atoms with Crippen LogP contribution in [-0.2, 0) is 0 Å². The predicted molar refractivity (Wildman–Crippen MR) is 85.9 cm³/mol. The molecule has 1 atom stereocenters. The maximum atomic E-state index is 5.53. The Hall–Kier alpha value is -0.240. The first-order chi connectivity index (χ1) is 9.88. The van der Waals surface area contributed by atoms with Crippen molar-refractivity contribution >= 4 is 0 Å². The van der Waals surface area contributed by atoms with Gasteiger partial charge in [0.05, 0.1) is 0 Å². The summed E-state index contributed by atoms with van der Waals surface area (Å²) in [5, 5.41) is 9.88. The van der Waals surface area contributed by atoms with Crippen molar-refractivity contribution in [2.75, 3.05) is 65.4 Å². The Morgan fingerprint density at radius 3 is 2.05 bits per heavy atom. The molecule has 2 fully saturated rings. The molecule has 0 radical (unpaired) electrons. The lowest BCUT2D eigenvalue weighted by atomic mass is 10.1. The largest absolute Gasteiger partial charge is 0.330 e. The molecule has 6 nitrogen and oxygen atoms in total. The third-order valence-corrected chi connectivity index (χ3v) is 3.82. The number of nitrogens with one attached hydrogen (secondary N) is 3. The van der Waals surface area contributed by atoms with Gasteiger partial charge in [0, 0.05) is 51.9 Å². The van der Waals surface area contributed by atoms with Crippen LogP contribution in [0.4, 0.5) is 0 Å². The van der Waals surface area contributed by atoms with Crippen molar-refractivity contribution in [1.29, 1.82) is 0 Å². The minimum absolute atomic E-state index is 0.679.